The second-order valence-corrected chi connectivity index (χ2v) is 7.71. The molecule has 0 spiro atoms. The van der Waals surface area contributed by atoms with Gasteiger partial charge in [-0.25, -0.2) is 4.39 Å². The van der Waals surface area contributed by atoms with E-state index in [4.69, 9.17) is 0 Å². The van der Waals surface area contributed by atoms with Gasteiger partial charge in [0.15, 0.2) is 0 Å². The number of amides is 2. The molecule has 0 radical (unpaired) electrons. The maximum Gasteiger partial charge on any atom is 0.277 e. The summed E-state index contributed by atoms with van der Waals surface area (Å²) in [6.07, 6.45) is 3.37. The lowest BCUT2D eigenvalue weighted by molar-refractivity contribution is -0.384. The minimum atomic E-state index is -0.500. The standard InChI is InChI=1S/C23H22FN3O4/c24-18-8-4-16(5-9-18)12-15-26-22(28)20(17-6-10-19(11-7-17)27(30)31)21(23(26)29)25-13-2-1-3-14-25/h4-11H,1-3,12-15H2. The van der Waals surface area contributed by atoms with Crippen LogP contribution < -0.4 is 0 Å². The predicted octanol–water partition coefficient (Wildman–Crippen LogP) is 3.54. The number of nitro benzene ring substituents is 1. The van der Waals surface area contributed by atoms with Crippen molar-refractivity contribution in [3.8, 4) is 0 Å². The van der Waals surface area contributed by atoms with Crippen LogP contribution in [0.25, 0.3) is 5.57 Å². The Bertz CT molecular complexity index is 1040. The molecule has 0 aliphatic carbocycles. The highest BCUT2D eigenvalue weighted by Crippen LogP contribution is 2.33. The Balaban J connectivity index is 1.64. The third-order valence-corrected chi connectivity index (χ3v) is 5.72. The van der Waals surface area contributed by atoms with Crippen molar-refractivity contribution < 1.29 is 18.9 Å². The maximum absolute atomic E-state index is 13.3. The maximum atomic E-state index is 13.3. The van der Waals surface area contributed by atoms with Gasteiger partial charge in [0.05, 0.1) is 10.5 Å². The molecule has 0 unspecified atom stereocenters. The lowest BCUT2D eigenvalue weighted by Gasteiger charge is -2.29. The first kappa shape index (κ1) is 20.7. The number of likely N-dealkylation sites (tertiary alicyclic amines) is 1. The summed E-state index contributed by atoms with van der Waals surface area (Å²) in [5.74, 6) is -1.09. The van der Waals surface area contributed by atoms with Gasteiger partial charge in [0.2, 0.25) is 0 Å². The van der Waals surface area contributed by atoms with E-state index in [1.807, 2.05) is 4.90 Å². The van der Waals surface area contributed by atoms with Crippen LogP contribution in [0.15, 0.2) is 54.2 Å². The van der Waals surface area contributed by atoms with E-state index in [1.165, 1.54) is 41.3 Å². The zero-order chi connectivity index (χ0) is 22.0. The number of carbonyl (C=O) groups is 2. The van der Waals surface area contributed by atoms with Crippen LogP contribution in [0.3, 0.4) is 0 Å². The van der Waals surface area contributed by atoms with E-state index < -0.39 is 10.8 Å². The number of imide groups is 1. The Labute approximate surface area is 178 Å². The molecule has 2 aliphatic heterocycles. The number of non-ortho nitro benzene ring substituents is 1. The number of benzene rings is 2. The molecule has 0 atom stereocenters. The van der Waals surface area contributed by atoms with Crippen LogP contribution in [0, 0.1) is 15.9 Å². The van der Waals surface area contributed by atoms with Gasteiger partial charge in [-0.1, -0.05) is 12.1 Å². The van der Waals surface area contributed by atoms with E-state index in [9.17, 15) is 24.1 Å². The Morgan fingerprint density at radius 1 is 0.903 bits per heavy atom. The lowest BCUT2D eigenvalue weighted by Crippen LogP contribution is -2.38. The van der Waals surface area contributed by atoms with Crippen molar-refractivity contribution in [2.75, 3.05) is 19.6 Å². The van der Waals surface area contributed by atoms with Gasteiger partial charge < -0.3 is 4.90 Å². The monoisotopic (exact) mass is 423 g/mol. The number of nitro groups is 1. The molecule has 7 nitrogen and oxygen atoms in total. The molecule has 4 rings (SSSR count). The molecule has 2 amide bonds. The molecule has 2 aromatic rings. The van der Waals surface area contributed by atoms with Gasteiger partial charge >= 0.3 is 0 Å². The number of nitrogens with zero attached hydrogens (tertiary/aromatic N) is 3. The number of carbonyl (C=O) groups excluding carboxylic acids is 2. The first-order chi connectivity index (χ1) is 15.0. The first-order valence-corrected chi connectivity index (χ1v) is 10.3. The van der Waals surface area contributed by atoms with Crippen LogP contribution in [0.5, 0.6) is 0 Å². The molecule has 2 heterocycles. The van der Waals surface area contributed by atoms with Crippen molar-refractivity contribution in [3.63, 3.8) is 0 Å². The topological polar surface area (TPSA) is 83.8 Å². The van der Waals surface area contributed by atoms with Crippen LogP contribution in [0.4, 0.5) is 10.1 Å². The van der Waals surface area contributed by atoms with Crippen molar-refractivity contribution >= 4 is 23.1 Å². The summed E-state index contributed by atoms with van der Waals surface area (Å²) in [6, 6.07) is 11.7. The molecule has 160 valence electrons. The Hall–Kier alpha value is -3.55. The Kier molecular flexibility index (Phi) is 5.79. The van der Waals surface area contributed by atoms with Crippen molar-refractivity contribution in [2.24, 2.45) is 0 Å². The zero-order valence-electron chi connectivity index (χ0n) is 16.9. The van der Waals surface area contributed by atoms with Gasteiger partial charge in [-0.15, -0.1) is 0 Å². The molecule has 0 N–H and O–H groups in total. The minimum Gasteiger partial charge on any atom is -0.366 e. The summed E-state index contributed by atoms with van der Waals surface area (Å²) in [5, 5.41) is 11.0. The molecular weight excluding hydrogens is 401 g/mol. The van der Waals surface area contributed by atoms with E-state index in [0.29, 0.717) is 36.3 Å². The van der Waals surface area contributed by atoms with Crippen molar-refractivity contribution in [2.45, 2.75) is 25.7 Å². The highest BCUT2D eigenvalue weighted by atomic mass is 19.1. The van der Waals surface area contributed by atoms with Gasteiger partial charge in [0, 0.05) is 31.8 Å². The van der Waals surface area contributed by atoms with Gasteiger partial charge in [-0.05, 0) is 61.1 Å². The van der Waals surface area contributed by atoms with Crippen molar-refractivity contribution in [1.29, 1.82) is 0 Å². The Morgan fingerprint density at radius 3 is 2.16 bits per heavy atom. The summed E-state index contributed by atoms with van der Waals surface area (Å²) in [4.78, 5) is 40.2. The van der Waals surface area contributed by atoms with Crippen LogP contribution in [0.1, 0.15) is 30.4 Å². The normalized spacial score (nSPS) is 16.9. The largest absolute Gasteiger partial charge is 0.366 e. The predicted molar refractivity (Wildman–Crippen MR) is 112 cm³/mol. The number of hydrogen-bond donors (Lipinski definition) is 0. The molecule has 1 saturated heterocycles. The summed E-state index contributed by atoms with van der Waals surface area (Å²) >= 11 is 0. The average molecular weight is 423 g/mol. The second kappa shape index (κ2) is 8.67. The van der Waals surface area contributed by atoms with E-state index in [2.05, 4.69) is 0 Å². The first-order valence-electron chi connectivity index (χ1n) is 10.3. The molecule has 8 heteroatoms. The Morgan fingerprint density at radius 2 is 1.55 bits per heavy atom. The molecule has 0 aromatic heterocycles. The second-order valence-electron chi connectivity index (χ2n) is 7.71. The van der Waals surface area contributed by atoms with Crippen LogP contribution in [-0.4, -0.2) is 46.2 Å². The van der Waals surface area contributed by atoms with Crippen LogP contribution in [-0.2, 0) is 16.0 Å². The molecule has 0 saturated carbocycles. The molecule has 2 aliphatic rings. The molecular formula is C23H22FN3O4. The number of hydrogen-bond acceptors (Lipinski definition) is 5. The van der Waals surface area contributed by atoms with Gasteiger partial charge in [-0.3, -0.25) is 24.6 Å². The fourth-order valence-electron chi connectivity index (χ4n) is 4.08. The van der Waals surface area contributed by atoms with Crippen molar-refractivity contribution in [1.82, 2.24) is 9.80 Å². The fourth-order valence-corrected chi connectivity index (χ4v) is 4.08. The van der Waals surface area contributed by atoms with Crippen molar-refractivity contribution in [3.05, 3.63) is 81.3 Å². The van der Waals surface area contributed by atoms with Crippen LogP contribution >= 0.6 is 0 Å². The number of halogens is 1. The van der Waals surface area contributed by atoms with E-state index >= 15 is 0 Å². The molecule has 1 fully saturated rings. The van der Waals surface area contributed by atoms with Gasteiger partial charge in [0.25, 0.3) is 17.5 Å². The minimum absolute atomic E-state index is 0.0752. The third kappa shape index (κ3) is 4.19. The highest BCUT2D eigenvalue weighted by Gasteiger charge is 2.41. The number of rotatable bonds is 6. The van der Waals surface area contributed by atoms with Crippen LogP contribution in [0.2, 0.25) is 0 Å². The molecule has 0 bridgehead atoms. The highest BCUT2D eigenvalue weighted by molar-refractivity contribution is 6.35. The zero-order valence-corrected chi connectivity index (χ0v) is 16.9. The molecule has 31 heavy (non-hydrogen) atoms. The van der Waals surface area contributed by atoms with E-state index in [1.54, 1.807) is 12.1 Å². The van der Waals surface area contributed by atoms with E-state index in [0.717, 1.165) is 24.8 Å². The quantitative estimate of drug-likeness (QED) is 0.403. The lowest BCUT2D eigenvalue weighted by atomic mass is 10.0. The fraction of sp³-hybridized carbons (Fsp3) is 0.304. The number of piperidine rings is 1. The summed E-state index contributed by atoms with van der Waals surface area (Å²) < 4.78 is 13.2. The van der Waals surface area contributed by atoms with Gasteiger partial charge in [0.1, 0.15) is 11.5 Å². The van der Waals surface area contributed by atoms with Gasteiger partial charge in [-0.2, -0.15) is 0 Å². The summed E-state index contributed by atoms with van der Waals surface area (Å²) in [6.45, 7) is 1.56. The SMILES string of the molecule is O=C1C(c2ccc([N+](=O)[O-])cc2)=C(N2CCCCC2)C(=O)N1CCc1ccc(F)cc1. The smallest absolute Gasteiger partial charge is 0.277 e. The van der Waals surface area contributed by atoms with E-state index in [-0.39, 0.29) is 24.0 Å². The summed E-state index contributed by atoms with van der Waals surface area (Å²) in [5.41, 5.74) is 1.91. The molecule has 2 aromatic carbocycles. The summed E-state index contributed by atoms with van der Waals surface area (Å²) in [7, 11) is 0. The average Bonchev–Trinajstić information content (AvgIpc) is 3.03. The third-order valence-electron chi connectivity index (χ3n) is 5.72.